The Hall–Kier alpha value is -0.790. The highest BCUT2D eigenvalue weighted by Crippen LogP contribution is 2.22. The third-order valence-electron chi connectivity index (χ3n) is 2.92. The second-order valence-corrected chi connectivity index (χ2v) is 5.28. The van der Waals surface area contributed by atoms with Gasteiger partial charge in [-0.25, -0.2) is 4.79 Å². The molecule has 0 aromatic carbocycles. The van der Waals surface area contributed by atoms with Gasteiger partial charge in [-0.05, 0) is 25.7 Å². The van der Waals surface area contributed by atoms with Gasteiger partial charge in [-0.1, -0.05) is 22.4 Å². The Kier molecular flexibility index (Phi) is 6.78. The number of esters is 2. The minimum atomic E-state index is -5.06. The maximum absolute atomic E-state index is 12.0. The van der Waals surface area contributed by atoms with Gasteiger partial charge >= 0.3 is 18.1 Å². The fourth-order valence-electron chi connectivity index (χ4n) is 1.95. The van der Waals surface area contributed by atoms with Crippen LogP contribution in [0.2, 0.25) is 0 Å². The number of carbonyl (C=O) groups excluding carboxylic acids is 2. The molecule has 1 saturated carbocycles. The summed E-state index contributed by atoms with van der Waals surface area (Å²) >= 11 is 2.91. The molecule has 1 aliphatic carbocycles. The smallest absolute Gasteiger partial charge is 0.462 e. The van der Waals surface area contributed by atoms with E-state index in [4.69, 9.17) is 4.74 Å². The van der Waals surface area contributed by atoms with E-state index in [1.807, 2.05) is 0 Å². The topological polar surface area (TPSA) is 52.6 Å². The van der Waals surface area contributed by atoms with Crippen LogP contribution in [0.25, 0.3) is 0 Å². The summed E-state index contributed by atoms with van der Waals surface area (Å²) in [6.45, 7) is 0. The third kappa shape index (κ3) is 6.11. The molecule has 8 heteroatoms. The van der Waals surface area contributed by atoms with Crippen molar-refractivity contribution >= 4 is 27.9 Å². The maximum atomic E-state index is 12.0. The van der Waals surface area contributed by atoms with Gasteiger partial charge in [0.05, 0.1) is 6.42 Å². The van der Waals surface area contributed by atoms with Crippen LogP contribution in [0.1, 0.15) is 38.5 Å². The fourth-order valence-corrected chi connectivity index (χ4v) is 2.31. The highest BCUT2D eigenvalue weighted by molar-refractivity contribution is 9.09. The molecule has 0 aliphatic heterocycles. The third-order valence-corrected chi connectivity index (χ3v) is 3.64. The lowest BCUT2D eigenvalue weighted by molar-refractivity contribution is -0.204. The van der Waals surface area contributed by atoms with Gasteiger partial charge in [0.1, 0.15) is 12.2 Å². The van der Waals surface area contributed by atoms with E-state index in [9.17, 15) is 22.8 Å². The standard InChI is InChI=1S/C12H16BrF3O4/c13-7-9(20-11(18)12(14,15)16)6-10(17)19-8-4-2-1-3-5-8/h8-9H,1-7H2. The van der Waals surface area contributed by atoms with Crippen LogP contribution in [0.3, 0.4) is 0 Å². The summed E-state index contributed by atoms with van der Waals surface area (Å²) in [5.41, 5.74) is 0. The van der Waals surface area contributed by atoms with E-state index in [1.54, 1.807) is 0 Å². The molecule has 1 rings (SSSR count). The molecular weight excluding hydrogens is 345 g/mol. The van der Waals surface area contributed by atoms with Crippen LogP contribution in [0, 0.1) is 0 Å². The molecule has 1 aliphatic rings. The Morgan fingerprint density at radius 2 is 1.80 bits per heavy atom. The van der Waals surface area contributed by atoms with Gasteiger partial charge in [0.25, 0.3) is 0 Å². The predicted octanol–water partition coefficient (Wildman–Crippen LogP) is 3.12. The lowest BCUT2D eigenvalue weighted by Crippen LogP contribution is -2.33. The highest BCUT2D eigenvalue weighted by atomic mass is 79.9. The van der Waals surface area contributed by atoms with E-state index in [0.29, 0.717) is 0 Å². The molecule has 20 heavy (non-hydrogen) atoms. The lowest BCUT2D eigenvalue weighted by Gasteiger charge is -2.23. The molecule has 1 unspecified atom stereocenters. The molecule has 1 fully saturated rings. The summed E-state index contributed by atoms with van der Waals surface area (Å²) in [5.74, 6) is -2.94. The van der Waals surface area contributed by atoms with Crippen molar-refractivity contribution in [1.29, 1.82) is 0 Å². The number of rotatable bonds is 5. The molecule has 0 saturated heterocycles. The average Bonchev–Trinajstić information content (AvgIpc) is 2.37. The number of hydrogen-bond donors (Lipinski definition) is 0. The molecule has 0 amide bonds. The number of halogens is 4. The lowest BCUT2D eigenvalue weighted by atomic mass is 9.98. The number of hydrogen-bond acceptors (Lipinski definition) is 4. The van der Waals surface area contributed by atoms with Gasteiger partial charge < -0.3 is 9.47 Å². The molecule has 0 N–H and O–H groups in total. The second-order valence-electron chi connectivity index (χ2n) is 4.63. The van der Waals surface area contributed by atoms with Crippen LogP contribution in [-0.2, 0) is 19.1 Å². The number of alkyl halides is 4. The van der Waals surface area contributed by atoms with Gasteiger partial charge in [-0.2, -0.15) is 13.2 Å². The van der Waals surface area contributed by atoms with Gasteiger partial charge in [0.15, 0.2) is 0 Å². The Bertz CT molecular complexity index is 340. The van der Waals surface area contributed by atoms with Crippen LogP contribution < -0.4 is 0 Å². The van der Waals surface area contributed by atoms with Crippen LogP contribution in [0.4, 0.5) is 13.2 Å². The Labute approximate surface area is 123 Å². The quantitative estimate of drug-likeness (QED) is 0.558. The summed E-state index contributed by atoms with van der Waals surface area (Å²) < 4.78 is 45.5. The Morgan fingerprint density at radius 3 is 2.30 bits per heavy atom. The normalized spacial score (nSPS) is 18.4. The molecule has 0 spiro atoms. The van der Waals surface area contributed by atoms with Gasteiger partial charge in [0.2, 0.25) is 0 Å². The van der Waals surface area contributed by atoms with E-state index in [1.165, 1.54) is 0 Å². The monoisotopic (exact) mass is 360 g/mol. The van der Waals surface area contributed by atoms with Crippen molar-refractivity contribution in [3.8, 4) is 0 Å². The summed E-state index contributed by atoms with van der Waals surface area (Å²) in [5, 5.41) is -0.0609. The first-order chi connectivity index (χ1) is 9.32. The van der Waals surface area contributed by atoms with Crippen molar-refractivity contribution in [2.24, 2.45) is 0 Å². The molecule has 0 aromatic rings. The summed E-state index contributed by atoms with van der Waals surface area (Å²) in [4.78, 5) is 22.3. The molecule has 0 aromatic heterocycles. The molecule has 4 nitrogen and oxygen atoms in total. The van der Waals surface area contributed by atoms with E-state index < -0.39 is 24.2 Å². The summed E-state index contributed by atoms with van der Waals surface area (Å²) in [6, 6.07) is 0. The molecule has 116 valence electrons. The molecule has 0 bridgehead atoms. The zero-order chi connectivity index (χ0) is 15.2. The van der Waals surface area contributed by atoms with Crippen LogP contribution in [0.15, 0.2) is 0 Å². The maximum Gasteiger partial charge on any atom is 0.490 e. The Morgan fingerprint density at radius 1 is 1.20 bits per heavy atom. The van der Waals surface area contributed by atoms with Crippen molar-refractivity contribution in [3.63, 3.8) is 0 Å². The van der Waals surface area contributed by atoms with Crippen LogP contribution >= 0.6 is 15.9 Å². The first kappa shape index (κ1) is 17.3. The van der Waals surface area contributed by atoms with E-state index >= 15 is 0 Å². The van der Waals surface area contributed by atoms with Crippen molar-refractivity contribution in [2.75, 3.05) is 5.33 Å². The van der Waals surface area contributed by atoms with Gasteiger partial charge in [-0.15, -0.1) is 0 Å². The van der Waals surface area contributed by atoms with Crippen molar-refractivity contribution in [3.05, 3.63) is 0 Å². The number of ether oxygens (including phenoxy) is 2. The van der Waals surface area contributed by atoms with E-state index in [0.717, 1.165) is 32.1 Å². The molecular formula is C12H16BrF3O4. The SMILES string of the molecule is O=C(CC(CBr)OC(=O)C(F)(F)F)OC1CCCCC1. The number of carbonyl (C=O) groups is 2. The minimum absolute atomic E-state index is 0.0609. The van der Waals surface area contributed by atoms with Crippen molar-refractivity contribution in [1.82, 2.24) is 0 Å². The van der Waals surface area contributed by atoms with E-state index in [2.05, 4.69) is 20.7 Å². The molecule has 1 atom stereocenters. The molecule has 0 radical (unpaired) electrons. The first-order valence-electron chi connectivity index (χ1n) is 6.36. The zero-order valence-corrected chi connectivity index (χ0v) is 12.3. The largest absolute Gasteiger partial charge is 0.490 e. The van der Waals surface area contributed by atoms with Crippen molar-refractivity contribution in [2.45, 2.75) is 56.9 Å². The predicted molar refractivity (Wildman–Crippen MR) is 67.3 cm³/mol. The Balaban J connectivity index is 2.39. The van der Waals surface area contributed by atoms with Crippen LogP contribution in [0.5, 0.6) is 0 Å². The van der Waals surface area contributed by atoms with Crippen molar-refractivity contribution < 1.29 is 32.2 Å². The summed E-state index contributed by atoms with van der Waals surface area (Å²) in [7, 11) is 0. The fraction of sp³-hybridized carbons (Fsp3) is 0.833. The zero-order valence-electron chi connectivity index (χ0n) is 10.7. The van der Waals surface area contributed by atoms with Crippen LogP contribution in [-0.4, -0.2) is 35.7 Å². The van der Waals surface area contributed by atoms with E-state index in [-0.39, 0.29) is 17.9 Å². The second kappa shape index (κ2) is 7.85. The summed E-state index contributed by atoms with van der Waals surface area (Å²) in [6.07, 6.45) is -2.21. The molecule has 0 heterocycles. The van der Waals surface area contributed by atoms with Gasteiger partial charge in [0, 0.05) is 5.33 Å². The highest BCUT2D eigenvalue weighted by Gasteiger charge is 2.42. The van der Waals surface area contributed by atoms with Gasteiger partial charge in [-0.3, -0.25) is 4.79 Å². The average molecular weight is 361 g/mol. The first-order valence-corrected chi connectivity index (χ1v) is 7.48. The minimum Gasteiger partial charge on any atom is -0.462 e.